The van der Waals surface area contributed by atoms with Crippen molar-refractivity contribution in [2.45, 2.75) is 24.2 Å². The van der Waals surface area contributed by atoms with Crippen molar-refractivity contribution in [3.8, 4) is 0 Å². The van der Waals surface area contributed by atoms with Crippen LogP contribution in [0.4, 0.5) is 5.69 Å². The van der Waals surface area contributed by atoms with E-state index in [0.29, 0.717) is 29.1 Å². The summed E-state index contributed by atoms with van der Waals surface area (Å²) >= 11 is 0. The molecule has 0 bridgehead atoms. The number of anilines is 1. The molecule has 0 aliphatic carbocycles. The van der Waals surface area contributed by atoms with E-state index in [1.54, 1.807) is 16.4 Å². The van der Waals surface area contributed by atoms with Crippen LogP contribution < -0.4 is 5.73 Å². The molecule has 0 unspecified atom stereocenters. The second kappa shape index (κ2) is 5.07. The Bertz CT molecular complexity index is 735. The van der Waals surface area contributed by atoms with Crippen molar-refractivity contribution >= 4 is 26.5 Å². The smallest absolute Gasteiger partial charge is 0.243 e. The first-order valence-corrected chi connectivity index (χ1v) is 8.32. The SMILES string of the molecule is Nc1ccc(S(=O)(=O)N2CCCCC2)c2ccccc12. The van der Waals surface area contributed by atoms with Crippen molar-refractivity contribution in [2.75, 3.05) is 18.8 Å². The molecule has 0 radical (unpaired) electrons. The summed E-state index contributed by atoms with van der Waals surface area (Å²) in [5.74, 6) is 0. The van der Waals surface area contributed by atoms with Crippen molar-refractivity contribution < 1.29 is 8.42 Å². The van der Waals surface area contributed by atoms with Gasteiger partial charge in [-0.05, 0) is 25.0 Å². The van der Waals surface area contributed by atoms with Gasteiger partial charge in [-0.15, -0.1) is 0 Å². The highest BCUT2D eigenvalue weighted by Crippen LogP contribution is 2.30. The Balaban J connectivity index is 2.16. The average molecular weight is 290 g/mol. The van der Waals surface area contributed by atoms with Crippen LogP contribution >= 0.6 is 0 Å². The summed E-state index contributed by atoms with van der Waals surface area (Å²) in [6, 6.07) is 10.7. The molecule has 2 aromatic carbocycles. The van der Waals surface area contributed by atoms with Crippen LogP contribution in [0.3, 0.4) is 0 Å². The number of nitrogens with two attached hydrogens (primary N) is 1. The highest BCUT2D eigenvalue weighted by atomic mass is 32.2. The molecule has 5 heteroatoms. The summed E-state index contributed by atoms with van der Waals surface area (Å²) in [4.78, 5) is 0.365. The number of piperidine rings is 1. The van der Waals surface area contributed by atoms with Gasteiger partial charge in [-0.3, -0.25) is 0 Å². The first-order chi connectivity index (χ1) is 9.60. The van der Waals surface area contributed by atoms with E-state index in [1.807, 2.05) is 24.3 Å². The maximum Gasteiger partial charge on any atom is 0.243 e. The highest BCUT2D eigenvalue weighted by molar-refractivity contribution is 7.89. The van der Waals surface area contributed by atoms with E-state index in [9.17, 15) is 8.42 Å². The lowest BCUT2D eigenvalue weighted by molar-refractivity contribution is 0.347. The van der Waals surface area contributed by atoms with Gasteiger partial charge in [0.05, 0.1) is 4.90 Å². The van der Waals surface area contributed by atoms with E-state index in [1.165, 1.54) is 0 Å². The third-order valence-electron chi connectivity index (χ3n) is 3.85. The Labute approximate surface area is 119 Å². The lowest BCUT2D eigenvalue weighted by atomic mass is 10.1. The molecule has 3 rings (SSSR count). The Hall–Kier alpha value is -1.59. The molecule has 1 aliphatic rings. The molecule has 20 heavy (non-hydrogen) atoms. The van der Waals surface area contributed by atoms with Crippen molar-refractivity contribution in [2.24, 2.45) is 0 Å². The number of nitrogen functional groups attached to an aromatic ring is 1. The second-order valence-electron chi connectivity index (χ2n) is 5.16. The standard InChI is InChI=1S/C15H18N2O2S/c16-14-8-9-15(13-7-3-2-6-12(13)14)20(18,19)17-10-4-1-5-11-17/h2-3,6-9H,1,4-5,10-11,16H2. The maximum absolute atomic E-state index is 12.8. The molecule has 4 nitrogen and oxygen atoms in total. The molecule has 106 valence electrons. The topological polar surface area (TPSA) is 63.4 Å². The maximum atomic E-state index is 12.8. The highest BCUT2D eigenvalue weighted by Gasteiger charge is 2.27. The van der Waals surface area contributed by atoms with Gasteiger partial charge in [0.1, 0.15) is 0 Å². The minimum Gasteiger partial charge on any atom is -0.398 e. The fraction of sp³-hybridized carbons (Fsp3) is 0.333. The zero-order valence-corrected chi connectivity index (χ0v) is 12.1. The van der Waals surface area contributed by atoms with Crippen LogP contribution in [0.25, 0.3) is 10.8 Å². The van der Waals surface area contributed by atoms with Gasteiger partial charge in [0.2, 0.25) is 10.0 Å². The lowest BCUT2D eigenvalue weighted by Crippen LogP contribution is -2.35. The predicted octanol–water partition coefficient (Wildman–Crippen LogP) is 2.60. The number of hydrogen-bond donors (Lipinski definition) is 1. The van der Waals surface area contributed by atoms with Gasteiger partial charge in [0, 0.05) is 29.5 Å². The Kier molecular flexibility index (Phi) is 3.40. The van der Waals surface area contributed by atoms with Crippen molar-refractivity contribution in [1.29, 1.82) is 0 Å². The summed E-state index contributed by atoms with van der Waals surface area (Å²) in [7, 11) is -3.43. The van der Waals surface area contributed by atoms with Crippen molar-refractivity contribution in [3.63, 3.8) is 0 Å². The molecule has 0 aromatic heterocycles. The van der Waals surface area contributed by atoms with Crippen LogP contribution in [0.2, 0.25) is 0 Å². The number of benzene rings is 2. The van der Waals surface area contributed by atoms with Crippen LogP contribution in [-0.2, 0) is 10.0 Å². The molecule has 1 saturated heterocycles. The van der Waals surface area contributed by atoms with Crippen molar-refractivity contribution in [3.05, 3.63) is 36.4 Å². The number of fused-ring (bicyclic) bond motifs is 1. The third kappa shape index (κ3) is 2.17. The predicted molar refractivity (Wildman–Crippen MR) is 81.0 cm³/mol. The Morgan fingerprint density at radius 1 is 0.900 bits per heavy atom. The van der Waals surface area contributed by atoms with Gasteiger partial charge in [0.25, 0.3) is 0 Å². The van der Waals surface area contributed by atoms with Gasteiger partial charge in [0.15, 0.2) is 0 Å². The molecule has 0 saturated carbocycles. The molecular formula is C15H18N2O2S. The first kappa shape index (κ1) is 13.4. The largest absolute Gasteiger partial charge is 0.398 e. The molecule has 1 aliphatic heterocycles. The molecule has 2 N–H and O–H groups in total. The molecular weight excluding hydrogens is 272 g/mol. The van der Waals surface area contributed by atoms with E-state index in [0.717, 1.165) is 24.6 Å². The molecule has 2 aromatic rings. The second-order valence-corrected chi connectivity index (χ2v) is 7.07. The average Bonchev–Trinajstić information content (AvgIpc) is 2.48. The van der Waals surface area contributed by atoms with E-state index in [4.69, 9.17) is 5.73 Å². The molecule has 1 fully saturated rings. The Morgan fingerprint density at radius 3 is 2.25 bits per heavy atom. The van der Waals surface area contributed by atoms with Gasteiger partial charge >= 0.3 is 0 Å². The van der Waals surface area contributed by atoms with Gasteiger partial charge in [-0.1, -0.05) is 30.7 Å². The number of rotatable bonds is 2. The minimum atomic E-state index is -3.43. The molecule has 0 amide bonds. The summed E-state index contributed by atoms with van der Waals surface area (Å²) in [5.41, 5.74) is 6.55. The van der Waals surface area contributed by atoms with Crippen LogP contribution in [-0.4, -0.2) is 25.8 Å². The molecule has 0 atom stereocenters. The van der Waals surface area contributed by atoms with E-state index in [2.05, 4.69) is 0 Å². The number of nitrogens with zero attached hydrogens (tertiary/aromatic N) is 1. The van der Waals surface area contributed by atoms with Crippen LogP contribution in [0, 0.1) is 0 Å². The molecule has 0 spiro atoms. The number of sulfonamides is 1. The summed E-state index contributed by atoms with van der Waals surface area (Å²) < 4.78 is 27.2. The van der Waals surface area contributed by atoms with Crippen LogP contribution in [0.15, 0.2) is 41.3 Å². The monoisotopic (exact) mass is 290 g/mol. The number of hydrogen-bond acceptors (Lipinski definition) is 3. The van der Waals surface area contributed by atoms with Crippen molar-refractivity contribution in [1.82, 2.24) is 4.31 Å². The third-order valence-corrected chi connectivity index (χ3v) is 5.81. The molecule has 1 heterocycles. The minimum absolute atomic E-state index is 0.365. The van der Waals surface area contributed by atoms with Gasteiger partial charge in [-0.2, -0.15) is 4.31 Å². The van der Waals surface area contributed by atoms with Gasteiger partial charge < -0.3 is 5.73 Å². The van der Waals surface area contributed by atoms with Crippen LogP contribution in [0.1, 0.15) is 19.3 Å². The quantitative estimate of drug-likeness (QED) is 0.865. The fourth-order valence-electron chi connectivity index (χ4n) is 2.76. The summed E-state index contributed by atoms with van der Waals surface area (Å²) in [6.07, 6.45) is 2.98. The van der Waals surface area contributed by atoms with E-state index >= 15 is 0 Å². The summed E-state index contributed by atoms with van der Waals surface area (Å²) in [6.45, 7) is 1.22. The normalized spacial score (nSPS) is 17.4. The van der Waals surface area contributed by atoms with E-state index < -0.39 is 10.0 Å². The van der Waals surface area contributed by atoms with Crippen LogP contribution in [0.5, 0.6) is 0 Å². The lowest BCUT2D eigenvalue weighted by Gasteiger charge is -2.26. The zero-order chi connectivity index (χ0) is 14.2. The van der Waals surface area contributed by atoms with Gasteiger partial charge in [-0.25, -0.2) is 8.42 Å². The zero-order valence-electron chi connectivity index (χ0n) is 11.2. The Morgan fingerprint density at radius 2 is 1.55 bits per heavy atom. The first-order valence-electron chi connectivity index (χ1n) is 6.88. The van der Waals surface area contributed by atoms with E-state index in [-0.39, 0.29) is 0 Å². The summed E-state index contributed by atoms with van der Waals surface area (Å²) in [5, 5.41) is 1.50. The fourth-order valence-corrected chi connectivity index (χ4v) is 4.48.